The molecule has 1 aliphatic carbocycles. The smallest absolute Gasteiger partial charge is 0.254 e. The van der Waals surface area contributed by atoms with Crippen molar-refractivity contribution in [3.63, 3.8) is 0 Å². The maximum Gasteiger partial charge on any atom is 0.254 e. The van der Waals surface area contributed by atoms with Gasteiger partial charge in [-0.3, -0.25) is 19.2 Å². The predicted octanol–water partition coefficient (Wildman–Crippen LogP) is 4.05. The predicted molar refractivity (Wildman–Crippen MR) is 138 cm³/mol. The highest BCUT2D eigenvalue weighted by Gasteiger charge is 2.41. The summed E-state index contributed by atoms with van der Waals surface area (Å²) in [5.41, 5.74) is 7.69. The molecule has 190 valence electrons. The first-order valence-corrected chi connectivity index (χ1v) is 12.5. The van der Waals surface area contributed by atoms with Crippen molar-refractivity contribution in [1.29, 1.82) is 0 Å². The van der Waals surface area contributed by atoms with Crippen LogP contribution >= 0.6 is 0 Å². The molecule has 1 aromatic heterocycles. The molecule has 37 heavy (non-hydrogen) atoms. The van der Waals surface area contributed by atoms with E-state index in [0.717, 1.165) is 43.6 Å². The number of nitrogens with zero attached hydrogens (tertiary/aromatic N) is 4. The van der Waals surface area contributed by atoms with Crippen LogP contribution in [0.15, 0.2) is 54.7 Å². The Balaban J connectivity index is 1.28. The van der Waals surface area contributed by atoms with E-state index in [-0.39, 0.29) is 35.6 Å². The third-order valence-electron chi connectivity index (χ3n) is 7.36. The van der Waals surface area contributed by atoms with Crippen LogP contribution in [-0.2, 0) is 16.9 Å². The van der Waals surface area contributed by atoms with Crippen LogP contribution in [-0.4, -0.2) is 46.1 Å². The number of aromatic nitrogens is 2. The highest BCUT2D eigenvalue weighted by atomic mass is 19.1. The summed E-state index contributed by atoms with van der Waals surface area (Å²) in [7, 11) is 0. The molecule has 1 aliphatic heterocycles. The number of carbonyl (C=O) groups is 2. The number of likely N-dealkylation sites (tertiary alicyclic amines) is 1. The molecule has 0 spiro atoms. The molecule has 9 heteroatoms. The Kier molecular flexibility index (Phi) is 6.76. The summed E-state index contributed by atoms with van der Waals surface area (Å²) >= 11 is 0. The Morgan fingerprint density at radius 1 is 1.14 bits per heavy atom. The van der Waals surface area contributed by atoms with Crippen LogP contribution in [0.5, 0.6) is 0 Å². The number of primary amides is 1. The van der Waals surface area contributed by atoms with Crippen molar-refractivity contribution < 1.29 is 14.0 Å². The highest BCUT2D eigenvalue weighted by molar-refractivity contribution is 6.02. The van der Waals surface area contributed by atoms with Gasteiger partial charge in [-0.1, -0.05) is 42.5 Å². The number of hydrogen-bond donors (Lipinski definition) is 2. The van der Waals surface area contributed by atoms with Gasteiger partial charge in [0, 0.05) is 37.3 Å². The van der Waals surface area contributed by atoms with E-state index in [2.05, 4.69) is 20.2 Å². The van der Waals surface area contributed by atoms with Crippen molar-refractivity contribution in [2.24, 2.45) is 11.7 Å². The Morgan fingerprint density at radius 2 is 1.84 bits per heavy atom. The summed E-state index contributed by atoms with van der Waals surface area (Å²) in [6.07, 6.45) is 4.58. The third kappa shape index (κ3) is 5.25. The third-order valence-corrected chi connectivity index (χ3v) is 7.36. The van der Waals surface area contributed by atoms with E-state index < -0.39 is 11.4 Å². The van der Waals surface area contributed by atoms with Gasteiger partial charge < -0.3 is 15.9 Å². The molecule has 2 aliphatic rings. The molecule has 2 fully saturated rings. The molecular formula is C28H29FN6O2. The second-order valence-electron chi connectivity index (χ2n) is 9.96. The van der Waals surface area contributed by atoms with Crippen molar-refractivity contribution in [3.8, 4) is 11.1 Å². The molecule has 5 rings (SSSR count). The maximum atomic E-state index is 14.1. The molecule has 1 saturated heterocycles. The van der Waals surface area contributed by atoms with Crippen molar-refractivity contribution >= 4 is 17.6 Å². The van der Waals surface area contributed by atoms with Crippen LogP contribution in [0.1, 0.15) is 41.6 Å². The molecule has 0 atom stereocenters. The summed E-state index contributed by atoms with van der Waals surface area (Å²) in [4.78, 5) is 30.3. The summed E-state index contributed by atoms with van der Waals surface area (Å²) < 4.78 is 15.8. The lowest BCUT2D eigenvalue weighted by atomic mass is 9.87. The lowest BCUT2D eigenvalue weighted by Gasteiger charge is -2.38. The van der Waals surface area contributed by atoms with Gasteiger partial charge >= 0.3 is 0 Å². The molecule has 8 nitrogen and oxygen atoms in total. The van der Waals surface area contributed by atoms with E-state index in [1.165, 1.54) is 6.07 Å². The quantitative estimate of drug-likeness (QED) is 0.456. The number of benzene rings is 2. The average Bonchev–Trinajstić information content (AvgIpc) is 3.66. The second-order valence-corrected chi connectivity index (χ2v) is 9.96. The second kappa shape index (κ2) is 10.1. The molecule has 0 unspecified atom stereocenters. The number of nitrogens with two attached hydrogens (primary N) is 1. The number of halogens is 1. The average molecular weight is 501 g/mol. The minimum atomic E-state index is -0.661. The minimum Gasteiger partial charge on any atom is -0.365 e. The topological polar surface area (TPSA) is 97.6 Å². The van der Waals surface area contributed by atoms with Gasteiger partial charge in [0.2, 0.25) is 12.5 Å². The zero-order valence-electron chi connectivity index (χ0n) is 20.5. The van der Waals surface area contributed by atoms with E-state index in [9.17, 15) is 14.0 Å². The van der Waals surface area contributed by atoms with Crippen LogP contribution in [0.4, 0.5) is 10.2 Å². The summed E-state index contributed by atoms with van der Waals surface area (Å²) in [5, 5.41) is 7.29. The largest absolute Gasteiger partial charge is 0.365 e. The van der Waals surface area contributed by atoms with Gasteiger partial charge in [0.25, 0.3) is 5.91 Å². The highest BCUT2D eigenvalue weighted by Crippen LogP contribution is 2.34. The zero-order chi connectivity index (χ0) is 26.0. The maximum absolute atomic E-state index is 14.1. The molecule has 3 aromatic rings. The van der Waals surface area contributed by atoms with Gasteiger partial charge in [0.15, 0.2) is 5.82 Å². The van der Waals surface area contributed by atoms with E-state index in [4.69, 9.17) is 12.3 Å². The molecule has 1 saturated carbocycles. The number of rotatable bonds is 8. The van der Waals surface area contributed by atoms with Gasteiger partial charge in [0.1, 0.15) is 16.9 Å². The first kappa shape index (κ1) is 24.7. The summed E-state index contributed by atoms with van der Waals surface area (Å²) in [6, 6.07) is 14.7. The van der Waals surface area contributed by atoms with Gasteiger partial charge in [0.05, 0.1) is 0 Å². The number of anilines is 1. The van der Waals surface area contributed by atoms with Gasteiger partial charge in [-0.2, -0.15) is 5.10 Å². The van der Waals surface area contributed by atoms with E-state index in [1.54, 1.807) is 23.0 Å². The van der Waals surface area contributed by atoms with Gasteiger partial charge in [-0.25, -0.2) is 11.0 Å². The molecule has 0 bridgehead atoms. The van der Waals surface area contributed by atoms with Crippen molar-refractivity contribution in [3.05, 3.63) is 83.1 Å². The number of nitrogens with one attached hydrogen (secondary N) is 1. The zero-order valence-corrected chi connectivity index (χ0v) is 20.5. The molecule has 0 radical (unpaired) electrons. The minimum absolute atomic E-state index is 0.0351. The lowest BCUT2D eigenvalue weighted by molar-refractivity contribution is -0.117. The van der Waals surface area contributed by atoms with Crippen LogP contribution < -0.4 is 11.1 Å². The van der Waals surface area contributed by atoms with Crippen LogP contribution in [0.2, 0.25) is 0 Å². The molecule has 2 aromatic carbocycles. The molecule has 2 amide bonds. The lowest BCUT2D eigenvalue weighted by Crippen LogP contribution is -2.47. The fraction of sp³-hybridized carbons (Fsp3) is 0.357. The number of carbonyl (C=O) groups excluding carboxylic acids is 2. The van der Waals surface area contributed by atoms with Crippen LogP contribution in [0.25, 0.3) is 16.0 Å². The summed E-state index contributed by atoms with van der Waals surface area (Å²) in [6.45, 7) is 9.98. The first-order chi connectivity index (χ1) is 17.9. The molecule has 2 heterocycles. The van der Waals surface area contributed by atoms with E-state index in [0.29, 0.717) is 18.4 Å². The number of hydrogen-bond acceptors (Lipinski definition) is 4. The standard InChI is InChI=1S/C28H29FN6O2/c1-31-18-28(35-17-23(25(30)36)26(33-35)32-27(37)21-10-11-21)12-14-34(15-13-28)16-19-6-8-20(9-7-19)22-4-2-3-5-24(22)29/h2-9,17,21H,10-16,18H2,(H2,30,36)(H,32,33,37). The fourth-order valence-corrected chi connectivity index (χ4v) is 4.93. The fourth-order valence-electron chi connectivity index (χ4n) is 4.93. The van der Waals surface area contributed by atoms with Gasteiger partial charge in [-0.15, -0.1) is 0 Å². The van der Waals surface area contributed by atoms with E-state index >= 15 is 0 Å². The number of amides is 2. The van der Waals surface area contributed by atoms with Crippen LogP contribution in [0, 0.1) is 18.3 Å². The van der Waals surface area contributed by atoms with Crippen molar-refractivity contribution in [1.82, 2.24) is 14.7 Å². The Morgan fingerprint density at radius 3 is 2.46 bits per heavy atom. The SMILES string of the molecule is [C-]#[N+]CC1(n2cc(C(N)=O)c(NC(=O)C3CC3)n2)CCN(Cc2ccc(-c3ccccc3F)cc2)CC1. The Labute approximate surface area is 215 Å². The molecule has 3 N–H and O–H groups in total. The van der Waals surface area contributed by atoms with Crippen molar-refractivity contribution in [2.75, 3.05) is 25.0 Å². The monoisotopic (exact) mass is 500 g/mol. The van der Waals surface area contributed by atoms with E-state index in [1.807, 2.05) is 30.3 Å². The van der Waals surface area contributed by atoms with Crippen molar-refractivity contribution in [2.45, 2.75) is 37.8 Å². The Bertz CT molecular complexity index is 1350. The van der Waals surface area contributed by atoms with Crippen LogP contribution in [0.3, 0.4) is 0 Å². The summed E-state index contributed by atoms with van der Waals surface area (Å²) in [5.74, 6) is -0.913. The first-order valence-electron chi connectivity index (χ1n) is 12.5. The normalized spacial score (nSPS) is 17.2. The Hall–Kier alpha value is -4.03. The number of piperidine rings is 1. The molecular weight excluding hydrogens is 471 g/mol. The van der Waals surface area contributed by atoms with Gasteiger partial charge in [-0.05, 0) is 42.9 Å².